The lowest BCUT2D eigenvalue weighted by atomic mass is 10.1. The van der Waals surface area contributed by atoms with Crippen molar-refractivity contribution in [3.05, 3.63) is 90.5 Å². The van der Waals surface area contributed by atoms with Crippen LogP contribution in [0.5, 0.6) is 0 Å². The van der Waals surface area contributed by atoms with Gasteiger partial charge in [0, 0.05) is 43.4 Å². The molecule has 1 aromatic heterocycles. The van der Waals surface area contributed by atoms with Crippen molar-refractivity contribution in [1.29, 1.82) is 0 Å². The normalized spacial score (nSPS) is 14.1. The Bertz CT molecular complexity index is 1230. The summed E-state index contributed by atoms with van der Waals surface area (Å²) in [5.41, 5.74) is 2.31. The summed E-state index contributed by atoms with van der Waals surface area (Å²) < 4.78 is 13.2. The van der Waals surface area contributed by atoms with E-state index in [0.29, 0.717) is 31.7 Å². The van der Waals surface area contributed by atoms with E-state index in [-0.39, 0.29) is 11.7 Å². The number of piperazine rings is 1. The van der Waals surface area contributed by atoms with E-state index in [1.54, 1.807) is 12.1 Å². The molecule has 3 aromatic carbocycles. The number of amides is 1. The van der Waals surface area contributed by atoms with Gasteiger partial charge in [0.15, 0.2) is 0 Å². The predicted molar refractivity (Wildman–Crippen MR) is 119 cm³/mol. The second kappa shape index (κ2) is 8.14. The molecule has 0 aliphatic carbocycles. The van der Waals surface area contributed by atoms with E-state index >= 15 is 0 Å². The van der Waals surface area contributed by atoms with Crippen molar-refractivity contribution in [2.45, 2.75) is 0 Å². The van der Waals surface area contributed by atoms with Crippen molar-refractivity contribution in [1.82, 2.24) is 14.9 Å². The maximum atomic E-state index is 13.2. The molecule has 2 heterocycles. The van der Waals surface area contributed by atoms with Crippen LogP contribution in [0.4, 0.5) is 10.2 Å². The van der Waals surface area contributed by atoms with E-state index in [4.69, 9.17) is 0 Å². The Kier molecular flexibility index (Phi) is 5.04. The molecule has 1 aliphatic heterocycles. The van der Waals surface area contributed by atoms with Crippen LogP contribution in [-0.4, -0.2) is 47.0 Å². The molecule has 0 unspecified atom stereocenters. The molecular weight excluding hydrogens is 391 g/mol. The van der Waals surface area contributed by atoms with Gasteiger partial charge in [0.1, 0.15) is 18.0 Å². The zero-order chi connectivity index (χ0) is 21.2. The summed E-state index contributed by atoms with van der Waals surface area (Å²) in [5, 5.41) is 2.20. The van der Waals surface area contributed by atoms with Crippen molar-refractivity contribution >= 4 is 22.5 Å². The molecule has 0 saturated carbocycles. The van der Waals surface area contributed by atoms with Gasteiger partial charge in [0.25, 0.3) is 5.91 Å². The molecule has 0 N–H and O–H groups in total. The number of halogens is 1. The van der Waals surface area contributed by atoms with E-state index in [1.807, 2.05) is 53.4 Å². The number of hydrogen-bond donors (Lipinski definition) is 0. The summed E-state index contributed by atoms with van der Waals surface area (Å²) >= 11 is 0. The van der Waals surface area contributed by atoms with Crippen molar-refractivity contribution in [2.75, 3.05) is 31.1 Å². The largest absolute Gasteiger partial charge is 0.353 e. The molecule has 0 spiro atoms. The second-order valence-corrected chi connectivity index (χ2v) is 7.61. The second-order valence-electron chi connectivity index (χ2n) is 7.61. The summed E-state index contributed by atoms with van der Waals surface area (Å²) in [6.07, 6.45) is 1.53. The van der Waals surface area contributed by atoms with Gasteiger partial charge in [0.2, 0.25) is 0 Å². The molecule has 1 aliphatic rings. The highest BCUT2D eigenvalue weighted by Crippen LogP contribution is 2.23. The maximum Gasteiger partial charge on any atom is 0.253 e. The first-order chi connectivity index (χ1) is 15.2. The van der Waals surface area contributed by atoms with Gasteiger partial charge in [-0.25, -0.2) is 14.4 Å². The molecule has 1 amide bonds. The molecule has 6 heteroatoms. The lowest BCUT2D eigenvalue weighted by molar-refractivity contribution is 0.0746. The van der Waals surface area contributed by atoms with Gasteiger partial charge in [-0.3, -0.25) is 4.79 Å². The van der Waals surface area contributed by atoms with Crippen LogP contribution in [0.15, 0.2) is 79.1 Å². The quantitative estimate of drug-likeness (QED) is 0.501. The lowest BCUT2D eigenvalue weighted by Crippen LogP contribution is -2.49. The van der Waals surface area contributed by atoms with E-state index < -0.39 is 0 Å². The average molecular weight is 412 g/mol. The number of benzene rings is 3. The van der Waals surface area contributed by atoms with Crippen LogP contribution in [0.25, 0.3) is 22.0 Å². The number of fused-ring (bicyclic) bond motifs is 1. The molecule has 4 aromatic rings. The zero-order valence-corrected chi connectivity index (χ0v) is 16.9. The minimum absolute atomic E-state index is 0.0556. The first-order valence-corrected chi connectivity index (χ1v) is 10.3. The van der Waals surface area contributed by atoms with Gasteiger partial charge in [-0.1, -0.05) is 30.3 Å². The van der Waals surface area contributed by atoms with Crippen LogP contribution in [0.1, 0.15) is 10.4 Å². The Hall–Kier alpha value is -3.80. The molecular formula is C25H21FN4O. The minimum atomic E-state index is -0.273. The van der Waals surface area contributed by atoms with Crippen molar-refractivity contribution < 1.29 is 9.18 Å². The average Bonchev–Trinajstić information content (AvgIpc) is 2.84. The Morgan fingerprint density at radius 1 is 0.806 bits per heavy atom. The van der Waals surface area contributed by atoms with E-state index in [9.17, 15) is 9.18 Å². The van der Waals surface area contributed by atoms with Crippen LogP contribution >= 0.6 is 0 Å². The topological polar surface area (TPSA) is 49.3 Å². The van der Waals surface area contributed by atoms with Gasteiger partial charge < -0.3 is 9.80 Å². The molecule has 5 nitrogen and oxygen atoms in total. The molecule has 31 heavy (non-hydrogen) atoms. The monoisotopic (exact) mass is 412 g/mol. The predicted octanol–water partition coefficient (Wildman–Crippen LogP) is 4.40. The Balaban J connectivity index is 1.28. The van der Waals surface area contributed by atoms with Crippen LogP contribution in [0.2, 0.25) is 0 Å². The molecule has 5 rings (SSSR count). The van der Waals surface area contributed by atoms with Crippen LogP contribution in [-0.2, 0) is 0 Å². The minimum Gasteiger partial charge on any atom is -0.353 e. The van der Waals surface area contributed by atoms with Crippen LogP contribution < -0.4 is 4.90 Å². The zero-order valence-electron chi connectivity index (χ0n) is 16.9. The summed E-state index contributed by atoms with van der Waals surface area (Å²) in [7, 11) is 0. The summed E-state index contributed by atoms with van der Waals surface area (Å²) in [5.74, 6) is 0.595. The fourth-order valence-electron chi connectivity index (χ4n) is 3.94. The van der Waals surface area contributed by atoms with Crippen LogP contribution in [0.3, 0.4) is 0 Å². The Morgan fingerprint density at radius 3 is 2.32 bits per heavy atom. The number of aromatic nitrogens is 2. The third-order valence-electron chi connectivity index (χ3n) is 5.68. The molecule has 154 valence electrons. The highest BCUT2D eigenvalue weighted by molar-refractivity contribution is 5.98. The molecule has 0 atom stereocenters. The van der Waals surface area contributed by atoms with Gasteiger partial charge >= 0.3 is 0 Å². The number of carbonyl (C=O) groups excluding carboxylic acids is 1. The molecule has 1 fully saturated rings. The molecule has 0 radical (unpaired) electrons. The van der Waals surface area contributed by atoms with Gasteiger partial charge in [0.05, 0.1) is 5.69 Å². The Labute approximate surface area is 179 Å². The fraction of sp³-hybridized carbons (Fsp3) is 0.160. The highest BCUT2D eigenvalue weighted by atomic mass is 19.1. The van der Waals surface area contributed by atoms with Gasteiger partial charge in [-0.05, 0) is 47.2 Å². The molecule has 0 bridgehead atoms. The number of carbonyl (C=O) groups is 1. The summed E-state index contributed by atoms with van der Waals surface area (Å²) in [6.45, 7) is 2.64. The lowest BCUT2D eigenvalue weighted by Gasteiger charge is -2.35. The first-order valence-electron chi connectivity index (χ1n) is 10.3. The third-order valence-corrected chi connectivity index (χ3v) is 5.68. The number of nitrogens with zero attached hydrogens (tertiary/aromatic N) is 4. The fourth-order valence-corrected chi connectivity index (χ4v) is 3.94. The smallest absolute Gasteiger partial charge is 0.253 e. The number of hydrogen-bond acceptors (Lipinski definition) is 4. The summed E-state index contributed by atoms with van der Waals surface area (Å²) in [4.78, 5) is 25.8. The number of rotatable bonds is 3. The van der Waals surface area contributed by atoms with Crippen molar-refractivity contribution in [3.8, 4) is 11.3 Å². The molecule has 1 saturated heterocycles. The van der Waals surface area contributed by atoms with E-state index in [2.05, 4.69) is 14.9 Å². The Morgan fingerprint density at radius 2 is 1.55 bits per heavy atom. The third kappa shape index (κ3) is 3.97. The van der Waals surface area contributed by atoms with Gasteiger partial charge in [-0.2, -0.15) is 0 Å². The standard InChI is InChI=1S/C25H21FN4O/c26-22-9-7-19(8-10-22)23-16-24(28-17-27-23)29-11-13-30(14-12-29)25(31)21-6-5-18-3-1-2-4-20(18)15-21/h1-10,15-17H,11-14H2. The highest BCUT2D eigenvalue weighted by Gasteiger charge is 2.23. The van der Waals surface area contributed by atoms with Crippen molar-refractivity contribution in [3.63, 3.8) is 0 Å². The van der Waals surface area contributed by atoms with E-state index in [1.165, 1.54) is 18.5 Å². The van der Waals surface area contributed by atoms with Crippen LogP contribution in [0, 0.1) is 5.82 Å². The van der Waals surface area contributed by atoms with Gasteiger partial charge in [-0.15, -0.1) is 0 Å². The SMILES string of the molecule is O=C(c1ccc2ccccc2c1)N1CCN(c2cc(-c3ccc(F)cc3)ncn2)CC1. The number of anilines is 1. The van der Waals surface area contributed by atoms with E-state index in [0.717, 1.165) is 27.8 Å². The maximum absolute atomic E-state index is 13.2. The first kappa shape index (κ1) is 19.2. The van der Waals surface area contributed by atoms with Crippen molar-refractivity contribution in [2.24, 2.45) is 0 Å². The summed E-state index contributed by atoms with van der Waals surface area (Å²) in [6, 6.07) is 22.1.